The van der Waals surface area contributed by atoms with E-state index in [0.717, 1.165) is 10.4 Å². The second-order valence-electron chi connectivity index (χ2n) is 4.57. The van der Waals surface area contributed by atoms with Crippen molar-refractivity contribution in [3.63, 3.8) is 0 Å². The first-order valence-electron chi connectivity index (χ1n) is 6.56. The number of hydrogen-bond acceptors (Lipinski definition) is 4. The Morgan fingerprint density at radius 1 is 1.30 bits per heavy atom. The summed E-state index contributed by atoms with van der Waals surface area (Å²) in [5, 5.41) is 8.89. The van der Waals surface area contributed by atoms with Crippen LogP contribution in [0.2, 0.25) is 10.0 Å². The van der Waals surface area contributed by atoms with Gasteiger partial charge in [0.15, 0.2) is 0 Å². The third kappa shape index (κ3) is 5.06. The maximum absolute atomic E-state index is 12.0. The summed E-state index contributed by atoms with van der Waals surface area (Å²) < 4.78 is 0. The van der Waals surface area contributed by atoms with Crippen molar-refractivity contribution >= 4 is 52.6 Å². The molecule has 0 saturated carbocycles. The molecule has 0 spiro atoms. The molecule has 1 aromatic carbocycles. The zero-order chi connectivity index (χ0) is 16.8. The van der Waals surface area contributed by atoms with E-state index in [1.165, 1.54) is 23.5 Å². The second kappa shape index (κ2) is 8.10. The van der Waals surface area contributed by atoms with Gasteiger partial charge in [-0.2, -0.15) is 5.10 Å². The van der Waals surface area contributed by atoms with Crippen molar-refractivity contribution in [2.45, 2.75) is 6.92 Å². The number of nitrogens with one attached hydrogen (secondary N) is 2. The maximum Gasteiger partial charge on any atom is 0.259 e. The molecule has 1 aromatic heterocycles. The number of rotatable bonds is 5. The van der Waals surface area contributed by atoms with E-state index in [9.17, 15) is 9.59 Å². The van der Waals surface area contributed by atoms with Crippen LogP contribution < -0.4 is 10.7 Å². The summed E-state index contributed by atoms with van der Waals surface area (Å²) >= 11 is 13.3. The number of benzene rings is 1. The van der Waals surface area contributed by atoms with Crippen LogP contribution in [0.5, 0.6) is 0 Å². The summed E-state index contributed by atoms with van der Waals surface area (Å²) in [4.78, 5) is 24.6. The van der Waals surface area contributed by atoms with E-state index in [0.29, 0.717) is 5.02 Å². The lowest BCUT2D eigenvalue weighted by atomic mass is 10.2. The Labute approximate surface area is 147 Å². The zero-order valence-corrected chi connectivity index (χ0v) is 14.4. The molecule has 120 valence electrons. The van der Waals surface area contributed by atoms with E-state index >= 15 is 0 Å². The van der Waals surface area contributed by atoms with E-state index in [2.05, 4.69) is 15.8 Å². The average molecular weight is 370 g/mol. The number of carbonyl (C=O) groups is 2. The minimum atomic E-state index is -0.481. The molecule has 0 atom stereocenters. The van der Waals surface area contributed by atoms with Crippen LogP contribution in [-0.4, -0.2) is 24.6 Å². The first-order valence-corrected chi connectivity index (χ1v) is 8.20. The van der Waals surface area contributed by atoms with Gasteiger partial charge >= 0.3 is 0 Å². The standard InChI is InChI=1S/C15H13Cl2N3O2S/c1-9-4-5-23-13(9)7-19-20-14(21)8-18-15(22)11-6-10(16)2-3-12(11)17/h2-7H,8H2,1H3,(H,18,22)(H,20,21)/b19-7-. The molecule has 0 radical (unpaired) electrons. The average Bonchev–Trinajstić information content (AvgIpc) is 2.92. The molecule has 2 rings (SSSR count). The highest BCUT2D eigenvalue weighted by atomic mass is 35.5. The van der Waals surface area contributed by atoms with Gasteiger partial charge in [0, 0.05) is 9.90 Å². The number of halogens is 2. The lowest BCUT2D eigenvalue weighted by Gasteiger charge is -2.06. The number of aryl methyl sites for hydroxylation is 1. The molecule has 0 aliphatic carbocycles. The van der Waals surface area contributed by atoms with Gasteiger partial charge in [-0.15, -0.1) is 11.3 Å². The summed E-state index contributed by atoms with van der Waals surface area (Å²) in [5.41, 5.74) is 3.64. The van der Waals surface area contributed by atoms with Crippen molar-refractivity contribution in [1.82, 2.24) is 10.7 Å². The van der Waals surface area contributed by atoms with Crippen molar-refractivity contribution in [2.24, 2.45) is 5.10 Å². The summed E-state index contributed by atoms with van der Waals surface area (Å²) in [5.74, 6) is -0.923. The molecule has 0 aliphatic heterocycles. The van der Waals surface area contributed by atoms with E-state index in [1.54, 1.807) is 12.3 Å². The Morgan fingerprint density at radius 3 is 2.78 bits per heavy atom. The van der Waals surface area contributed by atoms with Crippen molar-refractivity contribution in [2.75, 3.05) is 6.54 Å². The predicted molar refractivity (Wildman–Crippen MR) is 93.6 cm³/mol. The predicted octanol–water partition coefficient (Wildman–Crippen LogP) is 3.24. The topological polar surface area (TPSA) is 70.6 Å². The van der Waals surface area contributed by atoms with Crippen LogP contribution in [0.15, 0.2) is 34.7 Å². The van der Waals surface area contributed by atoms with E-state index in [1.807, 2.05) is 18.4 Å². The van der Waals surface area contributed by atoms with Crippen molar-refractivity contribution in [3.05, 3.63) is 55.7 Å². The fraction of sp³-hybridized carbons (Fsp3) is 0.133. The fourth-order valence-electron chi connectivity index (χ4n) is 1.65. The van der Waals surface area contributed by atoms with Gasteiger partial charge in [-0.3, -0.25) is 9.59 Å². The molecule has 1 heterocycles. The first kappa shape index (κ1) is 17.5. The van der Waals surface area contributed by atoms with E-state index in [4.69, 9.17) is 23.2 Å². The Hall–Kier alpha value is -1.89. The number of hydrazone groups is 1. The summed E-state index contributed by atoms with van der Waals surface area (Å²) in [7, 11) is 0. The number of nitrogens with zero attached hydrogens (tertiary/aromatic N) is 1. The van der Waals surface area contributed by atoms with Gasteiger partial charge in [0.25, 0.3) is 11.8 Å². The second-order valence-corrected chi connectivity index (χ2v) is 6.36. The first-order chi connectivity index (χ1) is 11.0. The van der Waals surface area contributed by atoms with Crippen LogP contribution in [0.25, 0.3) is 0 Å². The highest BCUT2D eigenvalue weighted by Crippen LogP contribution is 2.20. The van der Waals surface area contributed by atoms with Crippen LogP contribution in [0.1, 0.15) is 20.8 Å². The normalized spacial score (nSPS) is 10.7. The van der Waals surface area contributed by atoms with Gasteiger partial charge in [0.05, 0.1) is 23.3 Å². The van der Waals surface area contributed by atoms with E-state index < -0.39 is 11.8 Å². The number of hydrogen-bond donors (Lipinski definition) is 2. The number of amides is 2. The summed E-state index contributed by atoms with van der Waals surface area (Å²) in [6.45, 7) is 1.73. The number of carbonyl (C=O) groups excluding carboxylic acids is 2. The highest BCUT2D eigenvalue weighted by molar-refractivity contribution is 7.11. The Kier molecular flexibility index (Phi) is 6.15. The maximum atomic E-state index is 12.0. The van der Waals surface area contributed by atoms with Crippen LogP contribution in [0, 0.1) is 6.92 Å². The van der Waals surface area contributed by atoms with Gasteiger partial charge < -0.3 is 5.32 Å². The minimum Gasteiger partial charge on any atom is -0.343 e. The molecule has 2 amide bonds. The Morgan fingerprint density at radius 2 is 2.09 bits per heavy atom. The monoisotopic (exact) mass is 369 g/mol. The summed E-state index contributed by atoms with van der Waals surface area (Å²) in [6.07, 6.45) is 1.56. The van der Waals surface area contributed by atoms with Crippen molar-refractivity contribution in [1.29, 1.82) is 0 Å². The van der Waals surface area contributed by atoms with Gasteiger partial charge in [-0.25, -0.2) is 5.43 Å². The van der Waals surface area contributed by atoms with E-state index in [-0.39, 0.29) is 17.1 Å². The minimum absolute atomic E-state index is 0.213. The molecule has 0 aliphatic rings. The lowest BCUT2D eigenvalue weighted by molar-refractivity contribution is -0.120. The smallest absolute Gasteiger partial charge is 0.259 e. The van der Waals surface area contributed by atoms with Crippen molar-refractivity contribution < 1.29 is 9.59 Å². The molecule has 23 heavy (non-hydrogen) atoms. The van der Waals surface area contributed by atoms with Crippen LogP contribution in [0.4, 0.5) is 0 Å². The highest BCUT2D eigenvalue weighted by Gasteiger charge is 2.12. The summed E-state index contributed by atoms with van der Waals surface area (Å²) in [6, 6.07) is 6.50. The van der Waals surface area contributed by atoms with Gasteiger partial charge in [-0.1, -0.05) is 23.2 Å². The molecule has 8 heteroatoms. The van der Waals surface area contributed by atoms with Gasteiger partial charge in [0.2, 0.25) is 0 Å². The Bertz CT molecular complexity index is 759. The Balaban J connectivity index is 1.84. The van der Waals surface area contributed by atoms with Crippen LogP contribution >= 0.6 is 34.5 Å². The third-order valence-electron chi connectivity index (χ3n) is 2.86. The molecule has 0 saturated heterocycles. The molecular weight excluding hydrogens is 357 g/mol. The van der Waals surface area contributed by atoms with Gasteiger partial charge in [0.1, 0.15) is 0 Å². The fourth-order valence-corrected chi connectivity index (χ4v) is 2.81. The third-order valence-corrected chi connectivity index (χ3v) is 4.37. The zero-order valence-electron chi connectivity index (χ0n) is 12.1. The van der Waals surface area contributed by atoms with Crippen molar-refractivity contribution in [3.8, 4) is 0 Å². The van der Waals surface area contributed by atoms with Crippen LogP contribution in [0.3, 0.4) is 0 Å². The molecule has 2 N–H and O–H groups in total. The molecule has 5 nitrogen and oxygen atoms in total. The quantitative estimate of drug-likeness (QED) is 0.627. The molecule has 0 bridgehead atoms. The molecular formula is C15H13Cl2N3O2S. The molecule has 0 fully saturated rings. The molecule has 0 unspecified atom stereocenters. The molecule has 2 aromatic rings. The number of thiophene rings is 1. The van der Waals surface area contributed by atoms with Crippen LogP contribution in [-0.2, 0) is 4.79 Å². The SMILES string of the molecule is Cc1ccsc1/C=N\NC(=O)CNC(=O)c1cc(Cl)ccc1Cl. The largest absolute Gasteiger partial charge is 0.343 e. The lowest BCUT2D eigenvalue weighted by Crippen LogP contribution is -2.35. The van der Waals surface area contributed by atoms with Gasteiger partial charge in [-0.05, 0) is 42.1 Å².